The van der Waals surface area contributed by atoms with Gasteiger partial charge in [-0.05, 0) is 58.5 Å². The largest absolute Gasteiger partial charge is 0.486 e. The number of hydrogen-bond donors (Lipinski definition) is 3. The van der Waals surface area contributed by atoms with Crippen molar-refractivity contribution in [3.05, 3.63) is 87.9 Å². The van der Waals surface area contributed by atoms with Crippen LogP contribution in [0.15, 0.2) is 70.7 Å². The summed E-state index contributed by atoms with van der Waals surface area (Å²) in [6.45, 7) is 3.49. The molecule has 1 atom stereocenters. The first-order valence-electron chi connectivity index (χ1n) is 13.6. The van der Waals surface area contributed by atoms with E-state index in [2.05, 4.69) is 10.7 Å². The SMILES string of the molecule is CC1(CO/C(C(=O)Nc2cc(F)cc(F)c2)=C(/C=N)N2CCN(S(=N)(=O)Cc3ccc(-c4ccsc4)cc3)CC2)CC1. The first kappa shape index (κ1) is 29.9. The molecule has 1 aromatic heterocycles. The molecule has 2 fully saturated rings. The number of carbonyl (C=O) groups excluding carboxylic acids is 1. The average molecular weight is 614 g/mol. The van der Waals surface area contributed by atoms with E-state index >= 15 is 0 Å². The van der Waals surface area contributed by atoms with Crippen LogP contribution in [0.25, 0.3) is 11.1 Å². The Kier molecular flexibility index (Phi) is 8.76. The highest BCUT2D eigenvalue weighted by atomic mass is 32.2. The van der Waals surface area contributed by atoms with Crippen molar-refractivity contribution in [1.29, 1.82) is 10.2 Å². The lowest BCUT2D eigenvalue weighted by Gasteiger charge is -2.37. The van der Waals surface area contributed by atoms with Gasteiger partial charge in [0.05, 0.1) is 12.4 Å². The number of rotatable bonds is 11. The second-order valence-electron chi connectivity index (χ2n) is 11.0. The van der Waals surface area contributed by atoms with Gasteiger partial charge in [-0.2, -0.15) is 11.3 Å². The fraction of sp³-hybridized carbons (Fsp3) is 0.333. The van der Waals surface area contributed by atoms with Gasteiger partial charge < -0.3 is 20.4 Å². The van der Waals surface area contributed by atoms with Crippen molar-refractivity contribution in [3.8, 4) is 11.1 Å². The van der Waals surface area contributed by atoms with Crippen LogP contribution in [-0.2, 0) is 25.2 Å². The molecule has 1 amide bonds. The number of hydrogen-bond acceptors (Lipinski definition) is 7. The van der Waals surface area contributed by atoms with E-state index in [0.717, 1.165) is 47.9 Å². The summed E-state index contributed by atoms with van der Waals surface area (Å²) in [5.74, 6) is -2.41. The molecule has 3 N–H and O–H groups in total. The van der Waals surface area contributed by atoms with Crippen LogP contribution in [0.5, 0.6) is 0 Å². The van der Waals surface area contributed by atoms with Gasteiger partial charge in [-0.3, -0.25) is 4.79 Å². The van der Waals surface area contributed by atoms with E-state index in [-0.39, 0.29) is 48.0 Å². The molecule has 222 valence electrons. The Bertz CT molecular complexity index is 1560. The summed E-state index contributed by atoms with van der Waals surface area (Å²) in [6.07, 6.45) is 2.92. The van der Waals surface area contributed by atoms with E-state index in [0.29, 0.717) is 19.2 Å². The van der Waals surface area contributed by atoms with Crippen molar-refractivity contribution in [1.82, 2.24) is 9.21 Å². The molecule has 8 nitrogen and oxygen atoms in total. The third kappa shape index (κ3) is 7.23. The number of nitrogens with one attached hydrogen (secondary N) is 3. The van der Waals surface area contributed by atoms with Crippen LogP contribution in [0, 0.1) is 27.2 Å². The predicted molar refractivity (Wildman–Crippen MR) is 162 cm³/mol. The van der Waals surface area contributed by atoms with Gasteiger partial charge in [0.15, 0.2) is 0 Å². The Morgan fingerprint density at radius 3 is 2.31 bits per heavy atom. The Balaban J connectivity index is 1.28. The van der Waals surface area contributed by atoms with Crippen molar-refractivity contribution in [2.24, 2.45) is 5.41 Å². The van der Waals surface area contributed by atoms with Crippen LogP contribution in [0.1, 0.15) is 25.3 Å². The second kappa shape index (κ2) is 12.3. The van der Waals surface area contributed by atoms with E-state index in [4.69, 9.17) is 14.9 Å². The molecule has 2 heterocycles. The van der Waals surface area contributed by atoms with E-state index < -0.39 is 27.5 Å². The number of anilines is 1. The van der Waals surface area contributed by atoms with Gasteiger partial charge >= 0.3 is 0 Å². The fourth-order valence-electron chi connectivity index (χ4n) is 4.74. The molecule has 1 unspecified atom stereocenters. The number of benzene rings is 2. The minimum atomic E-state index is -3.11. The fourth-order valence-corrected chi connectivity index (χ4v) is 6.98. The van der Waals surface area contributed by atoms with Crippen molar-refractivity contribution in [2.45, 2.75) is 25.5 Å². The summed E-state index contributed by atoms with van der Waals surface area (Å²) in [6, 6.07) is 12.5. The molecule has 2 aromatic carbocycles. The molecule has 0 spiro atoms. The van der Waals surface area contributed by atoms with Crippen molar-refractivity contribution < 1.29 is 22.5 Å². The van der Waals surface area contributed by atoms with Gasteiger partial charge in [0.25, 0.3) is 5.91 Å². The van der Waals surface area contributed by atoms with Crippen LogP contribution < -0.4 is 5.32 Å². The van der Waals surface area contributed by atoms with Gasteiger partial charge in [0.1, 0.15) is 27.2 Å². The minimum absolute atomic E-state index is 0.0670. The molecule has 3 aromatic rings. The number of piperazine rings is 1. The first-order valence-corrected chi connectivity index (χ1v) is 16.2. The number of nitrogens with zero attached hydrogens (tertiary/aromatic N) is 2. The standard InChI is InChI=1S/C30H33F2N5O3S2/c1-30(7-8-30)20-40-28(29(38)35-26-15-24(31)14-25(32)16-26)27(17-33)36-9-11-37(12-10-36)42(34,39)19-21-2-4-22(5-3-21)23-6-13-41-18-23/h2-6,13-18,33-34H,7-12,19-20H2,1H3,(H,35,38)/b28-27-,33-17?. The van der Waals surface area contributed by atoms with Gasteiger partial charge in [0, 0.05) is 49.6 Å². The maximum absolute atomic E-state index is 13.7. The number of thiophene rings is 1. The normalized spacial score (nSPS) is 18.5. The highest BCUT2D eigenvalue weighted by Gasteiger charge is 2.39. The third-order valence-electron chi connectivity index (χ3n) is 7.53. The molecular formula is C30H33F2N5O3S2. The van der Waals surface area contributed by atoms with Gasteiger partial charge in [-0.1, -0.05) is 31.2 Å². The lowest BCUT2D eigenvalue weighted by molar-refractivity contribution is -0.116. The van der Waals surface area contributed by atoms with E-state index in [1.165, 1.54) is 0 Å². The van der Waals surface area contributed by atoms with Gasteiger partial charge in [-0.15, -0.1) is 0 Å². The number of allylic oxidation sites excluding steroid dienone is 1. The summed E-state index contributed by atoms with van der Waals surface area (Å²) in [5, 5.41) is 14.7. The molecule has 5 rings (SSSR count). The highest BCUT2D eigenvalue weighted by molar-refractivity contribution is 7.89. The van der Waals surface area contributed by atoms with E-state index in [9.17, 15) is 17.8 Å². The number of amides is 1. The lowest BCUT2D eigenvalue weighted by Crippen LogP contribution is -2.48. The van der Waals surface area contributed by atoms with Crippen LogP contribution in [-0.4, -0.2) is 58.3 Å². The molecule has 1 saturated carbocycles. The molecule has 2 aliphatic rings. The van der Waals surface area contributed by atoms with Crippen LogP contribution in [0.3, 0.4) is 0 Å². The molecule has 1 aliphatic heterocycles. The van der Waals surface area contributed by atoms with Crippen molar-refractivity contribution >= 4 is 39.1 Å². The number of carbonyl (C=O) groups is 1. The molecule has 1 aliphatic carbocycles. The number of halogens is 2. The summed E-state index contributed by atoms with van der Waals surface area (Å²) in [5.41, 5.74) is 3.08. The van der Waals surface area contributed by atoms with Gasteiger partial charge in [0.2, 0.25) is 5.76 Å². The maximum Gasteiger partial charge on any atom is 0.293 e. The zero-order valence-corrected chi connectivity index (χ0v) is 24.8. The minimum Gasteiger partial charge on any atom is -0.486 e. The third-order valence-corrected chi connectivity index (χ3v) is 10.1. The second-order valence-corrected chi connectivity index (χ2v) is 13.8. The lowest BCUT2D eigenvalue weighted by atomic mass is 10.1. The predicted octanol–water partition coefficient (Wildman–Crippen LogP) is 6.09. The molecule has 1 saturated heterocycles. The average Bonchev–Trinajstić information content (AvgIpc) is 3.43. The van der Waals surface area contributed by atoms with Crippen molar-refractivity contribution in [2.75, 3.05) is 38.1 Å². The van der Waals surface area contributed by atoms with Gasteiger partial charge in [-0.25, -0.2) is 22.1 Å². The Morgan fingerprint density at radius 2 is 1.74 bits per heavy atom. The van der Waals surface area contributed by atoms with Crippen LogP contribution in [0.2, 0.25) is 0 Å². The molecule has 12 heteroatoms. The number of ether oxygens (including phenoxy) is 1. The maximum atomic E-state index is 13.7. The van der Waals surface area contributed by atoms with Crippen molar-refractivity contribution in [3.63, 3.8) is 0 Å². The summed E-state index contributed by atoms with van der Waals surface area (Å²) >= 11 is 1.62. The molecule has 0 radical (unpaired) electrons. The van der Waals surface area contributed by atoms with E-state index in [1.807, 2.05) is 42.6 Å². The quantitative estimate of drug-likeness (QED) is 0.138. The Morgan fingerprint density at radius 1 is 1.07 bits per heavy atom. The first-order chi connectivity index (χ1) is 20.0. The summed E-state index contributed by atoms with van der Waals surface area (Å²) < 4.78 is 57.2. The monoisotopic (exact) mass is 613 g/mol. The van der Waals surface area contributed by atoms with Crippen LogP contribution in [0.4, 0.5) is 14.5 Å². The summed E-state index contributed by atoms with van der Waals surface area (Å²) in [7, 11) is -3.11. The van der Waals surface area contributed by atoms with Crippen LogP contribution >= 0.6 is 11.3 Å². The zero-order valence-electron chi connectivity index (χ0n) is 23.2. The summed E-state index contributed by atoms with van der Waals surface area (Å²) in [4.78, 5) is 15.1. The molecule has 0 bridgehead atoms. The zero-order chi connectivity index (χ0) is 29.9. The Labute approximate surface area is 248 Å². The van der Waals surface area contributed by atoms with E-state index in [1.54, 1.807) is 20.5 Å². The highest BCUT2D eigenvalue weighted by Crippen LogP contribution is 2.45. The molecular weight excluding hydrogens is 580 g/mol. The molecule has 42 heavy (non-hydrogen) atoms. The Hall–Kier alpha value is -3.61. The smallest absolute Gasteiger partial charge is 0.293 e. The topological polar surface area (TPSA) is 110 Å².